The van der Waals surface area contributed by atoms with Crippen molar-refractivity contribution in [3.8, 4) is 0 Å². The zero-order chi connectivity index (χ0) is 11.9. The molecule has 2 N–H and O–H groups in total. The Labute approximate surface area is 108 Å². The van der Waals surface area contributed by atoms with E-state index in [4.69, 9.17) is 5.73 Å². The van der Waals surface area contributed by atoms with E-state index < -0.39 is 0 Å². The van der Waals surface area contributed by atoms with Crippen molar-refractivity contribution in [1.82, 2.24) is 4.90 Å². The summed E-state index contributed by atoms with van der Waals surface area (Å²) < 4.78 is 0. The molecule has 0 radical (unpaired) electrons. The van der Waals surface area contributed by atoms with Gasteiger partial charge in [-0.3, -0.25) is 4.90 Å². The predicted octanol–water partition coefficient (Wildman–Crippen LogP) is 2.63. The minimum absolute atomic E-state index is 0.906. The fraction of sp³-hybridized carbons (Fsp3) is 0.625. The second kappa shape index (κ2) is 3.11. The van der Waals surface area contributed by atoms with E-state index >= 15 is 0 Å². The standard InChI is InChI=1S/C16H20N2/c17-13-3-1-2-11-7-18(8-12(11)13)16-14-9-4-5-10(6-9)15(14)16/h1-3,9-10,14-16H,4-8,17H2. The van der Waals surface area contributed by atoms with Gasteiger partial charge in [-0.25, -0.2) is 0 Å². The number of nitrogens with zero attached hydrogens (tertiary/aromatic N) is 1. The summed E-state index contributed by atoms with van der Waals surface area (Å²) in [6, 6.07) is 7.33. The fourth-order valence-electron chi connectivity index (χ4n) is 5.45. The van der Waals surface area contributed by atoms with Gasteiger partial charge in [0.2, 0.25) is 0 Å². The third-order valence-corrected chi connectivity index (χ3v) is 6.16. The van der Waals surface area contributed by atoms with E-state index in [1.54, 1.807) is 6.42 Å². The van der Waals surface area contributed by atoms with Crippen LogP contribution in [0.3, 0.4) is 0 Å². The van der Waals surface area contributed by atoms with Crippen molar-refractivity contribution < 1.29 is 0 Å². The maximum Gasteiger partial charge on any atom is 0.0363 e. The van der Waals surface area contributed by atoms with E-state index in [2.05, 4.69) is 23.1 Å². The molecule has 0 saturated heterocycles. The number of nitrogens with two attached hydrogens (primary N) is 1. The summed E-state index contributed by atoms with van der Waals surface area (Å²) in [6.45, 7) is 2.26. The molecule has 4 aliphatic rings. The molecule has 4 unspecified atom stereocenters. The quantitative estimate of drug-likeness (QED) is 0.765. The minimum Gasteiger partial charge on any atom is -0.398 e. The number of anilines is 1. The van der Waals surface area contributed by atoms with E-state index in [1.807, 2.05) is 0 Å². The van der Waals surface area contributed by atoms with Crippen molar-refractivity contribution in [3.05, 3.63) is 29.3 Å². The highest BCUT2D eigenvalue weighted by molar-refractivity contribution is 5.52. The van der Waals surface area contributed by atoms with Crippen LogP contribution in [-0.4, -0.2) is 10.9 Å². The Kier molecular flexibility index (Phi) is 1.70. The first-order valence-electron chi connectivity index (χ1n) is 7.43. The molecule has 4 atom stereocenters. The highest BCUT2D eigenvalue weighted by Gasteiger charge is 2.66. The van der Waals surface area contributed by atoms with E-state index in [1.165, 1.54) is 24.0 Å². The van der Waals surface area contributed by atoms with Crippen molar-refractivity contribution in [1.29, 1.82) is 0 Å². The topological polar surface area (TPSA) is 29.3 Å². The summed E-state index contributed by atoms with van der Waals surface area (Å²) in [5, 5.41) is 0. The predicted molar refractivity (Wildman–Crippen MR) is 71.7 cm³/mol. The van der Waals surface area contributed by atoms with Crippen LogP contribution in [0.5, 0.6) is 0 Å². The van der Waals surface area contributed by atoms with Gasteiger partial charge in [-0.15, -0.1) is 0 Å². The Bertz CT molecular complexity index is 508. The van der Waals surface area contributed by atoms with Crippen LogP contribution in [0.4, 0.5) is 5.69 Å². The van der Waals surface area contributed by atoms with Gasteiger partial charge < -0.3 is 5.73 Å². The molecule has 94 valence electrons. The van der Waals surface area contributed by atoms with Gasteiger partial charge in [-0.2, -0.15) is 0 Å². The van der Waals surface area contributed by atoms with Crippen LogP contribution >= 0.6 is 0 Å². The van der Waals surface area contributed by atoms with Gasteiger partial charge in [0, 0.05) is 24.8 Å². The zero-order valence-corrected chi connectivity index (χ0v) is 10.7. The minimum atomic E-state index is 0.906. The number of hydrogen-bond donors (Lipinski definition) is 1. The monoisotopic (exact) mass is 240 g/mol. The maximum absolute atomic E-state index is 6.11. The van der Waals surface area contributed by atoms with Crippen LogP contribution in [0.25, 0.3) is 0 Å². The molecule has 2 heteroatoms. The average molecular weight is 240 g/mol. The number of hydrogen-bond acceptors (Lipinski definition) is 2. The van der Waals surface area contributed by atoms with E-state index in [9.17, 15) is 0 Å². The molecule has 18 heavy (non-hydrogen) atoms. The molecule has 3 fully saturated rings. The summed E-state index contributed by atoms with van der Waals surface area (Å²) in [4.78, 5) is 2.72. The Morgan fingerprint density at radius 2 is 1.83 bits per heavy atom. The molecule has 3 aliphatic carbocycles. The van der Waals surface area contributed by atoms with E-state index in [-0.39, 0.29) is 0 Å². The Morgan fingerprint density at radius 3 is 2.56 bits per heavy atom. The third-order valence-electron chi connectivity index (χ3n) is 6.16. The molecule has 2 nitrogen and oxygen atoms in total. The molecule has 1 heterocycles. The van der Waals surface area contributed by atoms with Gasteiger partial charge in [-0.1, -0.05) is 12.1 Å². The second-order valence-electron chi connectivity index (χ2n) is 6.87. The lowest BCUT2D eigenvalue weighted by molar-refractivity contribution is 0.224. The molecule has 1 aliphatic heterocycles. The maximum atomic E-state index is 6.11. The zero-order valence-electron chi connectivity index (χ0n) is 10.7. The highest BCUT2D eigenvalue weighted by atomic mass is 15.2. The largest absolute Gasteiger partial charge is 0.398 e. The molecule has 1 aromatic rings. The van der Waals surface area contributed by atoms with Gasteiger partial charge in [0.1, 0.15) is 0 Å². The van der Waals surface area contributed by atoms with Gasteiger partial charge in [-0.05, 0) is 60.1 Å². The number of nitrogen functional groups attached to an aromatic ring is 1. The Balaban J connectivity index is 1.42. The number of benzene rings is 1. The van der Waals surface area contributed by atoms with Crippen LogP contribution in [-0.2, 0) is 13.1 Å². The Morgan fingerprint density at radius 1 is 1.06 bits per heavy atom. The molecule has 2 bridgehead atoms. The van der Waals surface area contributed by atoms with Crippen molar-refractivity contribution in [2.24, 2.45) is 23.7 Å². The molecule has 0 aromatic heterocycles. The third kappa shape index (κ3) is 1.08. The van der Waals surface area contributed by atoms with Gasteiger partial charge in [0.05, 0.1) is 0 Å². The lowest BCUT2D eigenvalue weighted by atomic mass is 10.0. The molecular weight excluding hydrogens is 220 g/mol. The van der Waals surface area contributed by atoms with Gasteiger partial charge in [0.15, 0.2) is 0 Å². The van der Waals surface area contributed by atoms with Gasteiger partial charge >= 0.3 is 0 Å². The molecule has 5 rings (SSSR count). The van der Waals surface area contributed by atoms with Gasteiger partial charge in [0.25, 0.3) is 0 Å². The fourth-order valence-corrected chi connectivity index (χ4v) is 5.45. The lowest BCUT2D eigenvalue weighted by Gasteiger charge is -2.19. The molecule has 0 amide bonds. The van der Waals surface area contributed by atoms with Crippen molar-refractivity contribution >= 4 is 5.69 Å². The summed E-state index contributed by atoms with van der Waals surface area (Å²) in [5.41, 5.74) is 10.0. The van der Waals surface area contributed by atoms with Crippen LogP contribution in [0.2, 0.25) is 0 Å². The van der Waals surface area contributed by atoms with E-state index in [0.717, 1.165) is 48.5 Å². The normalized spacial score (nSPS) is 44.1. The summed E-state index contributed by atoms with van der Waals surface area (Å²) in [6.07, 6.45) is 4.59. The molecule has 0 spiro atoms. The first-order chi connectivity index (χ1) is 8.83. The van der Waals surface area contributed by atoms with Crippen molar-refractivity contribution in [2.45, 2.75) is 38.4 Å². The van der Waals surface area contributed by atoms with Crippen molar-refractivity contribution in [2.75, 3.05) is 5.73 Å². The summed E-state index contributed by atoms with van der Waals surface area (Å²) >= 11 is 0. The molecule has 3 saturated carbocycles. The van der Waals surface area contributed by atoms with Crippen LogP contribution in [0, 0.1) is 23.7 Å². The highest BCUT2D eigenvalue weighted by Crippen LogP contribution is 2.67. The number of fused-ring (bicyclic) bond motifs is 6. The smallest absolute Gasteiger partial charge is 0.0363 e. The van der Waals surface area contributed by atoms with E-state index in [0.29, 0.717) is 0 Å². The van der Waals surface area contributed by atoms with Crippen LogP contribution in [0.1, 0.15) is 30.4 Å². The SMILES string of the molecule is Nc1cccc2c1CN(C1C3C4CCC(C4)C31)C2. The summed E-state index contributed by atoms with van der Waals surface area (Å²) in [5.74, 6) is 4.26. The van der Waals surface area contributed by atoms with Crippen LogP contribution < -0.4 is 5.73 Å². The summed E-state index contributed by atoms with van der Waals surface area (Å²) in [7, 11) is 0. The first kappa shape index (κ1) is 9.85. The molecular formula is C16H20N2. The Hall–Kier alpha value is -1.02. The molecule has 1 aromatic carbocycles. The van der Waals surface area contributed by atoms with Crippen LogP contribution in [0.15, 0.2) is 18.2 Å². The lowest BCUT2D eigenvalue weighted by Crippen LogP contribution is -2.24. The first-order valence-corrected chi connectivity index (χ1v) is 7.43. The second-order valence-corrected chi connectivity index (χ2v) is 6.87. The number of rotatable bonds is 1. The van der Waals surface area contributed by atoms with Crippen molar-refractivity contribution in [3.63, 3.8) is 0 Å². The average Bonchev–Trinajstić information content (AvgIpc) is 2.77.